The van der Waals surface area contributed by atoms with Gasteiger partial charge in [-0.15, -0.1) is 0 Å². The predicted octanol–water partition coefficient (Wildman–Crippen LogP) is 2.57. The lowest BCUT2D eigenvalue weighted by Crippen LogP contribution is -2.55. The van der Waals surface area contributed by atoms with Gasteiger partial charge in [-0.1, -0.05) is 80.6 Å². The van der Waals surface area contributed by atoms with E-state index >= 15 is 0 Å². The molecule has 0 bridgehead atoms. The van der Waals surface area contributed by atoms with E-state index in [-0.39, 0.29) is 24.2 Å². The summed E-state index contributed by atoms with van der Waals surface area (Å²) in [6, 6.07) is 12.8. The van der Waals surface area contributed by atoms with Crippen molar-refractivity contribution in [3.63, 3.8) is 0 Å². The predicted molar refractivity (Wildman–Crippen MR) is 142 cm³/mol. The van der Waals surface area contributed by atoms with Crippen molar-refractivity contribution in [3.05, 3.63) is 59.7 Å². The van der Waals surface area contributed by atoms with Crippen molar-refractivity contribution in [2.45, 2.75) is 69.1 Å². The van der Waals surface area contributed by atoms with E-state index in [1.54, 1.807) is 24.3 Å². The van der Waals surface area contributed by atoms with E-state index < -0.39 is 29.5 Å². The first kappa shape index (κ1) is 26.1. The largest absolute Gasteiger partial charge is 0.372 e. The normalized spacial score (nSPS) is 21.5. The molecule has 8 nitrogen and oxygen atoms in total. The summed E-state index contributed by atoms with van der Waals surface area (Å²) < 4.78 is 0. The van der Waals surface area contributed by atoms with Gasteiger partial charge in [-0.3, -0.25) is 14.4 Å². The molecule has 2 fully saturated rings. The average molecular weight is 518 g/mol. The lowest BCUT2D eigenvalue weighted by Gasteiger charge is -2.31. The fourth-order valence-corrected chi connectivity index (χ4v) is 6.32. The lowest BCUT2D eigenvalue weighted by molar-refractivity contribution is -0.140. The minimum Gasteiger partial charge on any atom is -0.372 e. The number of benzene rings is 2. The first-order valence-electron chi connectivity index (χ1n) is 13.7. The summed E-state index contributed by atoms with van der Waals surface area (Å²) in [5.74, 6) is -1.32. The molecule has 200 valence electrons. The van der Waals surface area contributed by atoms with Gasteiger partial charge in [-0.2, -0.15) is 0 Å². The van der Waals surface area contributed by atoms with Crippen molar-refractivity contribution in [3.8, 4) is 11.1 Å². The number of rotatable bonds is 9. The Morgan fingerprint density at radius 3 is 2.16 bits per heavy atom. The number of amides is 3. The van der Waals surface area contributed by atoms with Crippen molar-refractivity contribution in [1.29, 1.82) is 0 Å². The zero-order valence-electron chi connectivity index (χ0n) is 21.4. The van der Waals surface area contributed by atoms with Gasteiger partial charge in [0.15, 0.2) is 5.60 Å². The van der Waals surface area contributed by atoms with Gasteiger partial charge in [0.25, 0.3) is 5.91 Å². The van der Waals surface area contributed by atoms with Gasteiger partial charge in [-0.25, -0.2) is 0 Å². The standard InChI is InChI=1S/C30H35N3O5/c34-18-21(17-20-14-15-31-27(20)35)32-28(36)26(16-19-8-2-1-3-9-19)33-29(37)30(38)24-12-6-4-10-22(24)23-11-5-7-13-25(23)30/h4-7,10-13,18-21,26,38H,1-3,8-9,14-17H2,(H,31,35)(H,32,36)(H,33,37)/t20-,21-,26-/m1/s1. The van der Waals surface area contributed by atoms with Crippen LogP contribution in [0.4, 0.5) is 0 Å². The Bertz CT molecular complexity index is 1180. The van der Waals surface area contributed by atoms with Crippen LogP contribution < -0.4 is 16.0 Å². The van der Waals surface area contributed by atoms with Crippen LogP contribution in [0.15, 0.2) is 48.5 Å². The fourth-order valence-electron chi connectivity index (χ4n) is 6.32. The molecular formula is C30H35N3O5. The third kappa shape index (κ3) is 4.97. The van der Waals surface area contributed by atoms with E-state index in [9.17, 15) is 24.3 Å². The van der Waals surface area contributed by atoms with Gasteiger partial charge >= 0.3 is 0 Å². The molecule has 3 aliphatic rings. The monoisotopic (exact) mass is 517 g/mol. The molecule has 3 atom stereocenters. The number of nitrogens with one attached hydrogen (secondary N) is 3. The van der Waals surface area contributed by atoms with Gasteiger partial charge in [0.05, 0.1) is 6.04 Å². The molecule has 5 rings (SSSR count). The lowest BCUT2D eigenvalue weighted by atomic mass is 9.84. The summed E-state index contributed by atoms with van der Waals surface area (Å²) in [7, 11) is 0. The number of hydrogen-bond acceptors (Lipinski definition) is 5. The van der Waals surface area contributed by atoms with Crippen LogP contribution in [-0.4, -0.2) is 47.7 Å². The summed E-state index contributed by atoms with van der Waals surface area (Å²) in [6.45, 7) is 0.560. The first-order chi connectivity index (χ1) is 18.4. The van der Waals surface area contributed by atoms with Gasteiger partial charge in [-0.05, 0) is 36.3 Å². The number of aliphatic hydroxyl groups is 1. The van der Waals surface area contributed by atoms with Crippen molar-refractivity contribution >= 4 is 24.0 Å². The molecule has 1 heterocycles. The Morgan fingerprint density at radius 2 is 1.58 bits per heavy atom. The van der Waals surface area contributed by atoms with E-state index in [0.29, 0.717) is 36.8 Å². The highest BCUT2D eigenvalue weighted by Gasteiger charge is 2.48. The van der Waals surface area contributed by atoms with Gasteiger partial charge < -0.3 is 25.9 Å². The summed E-state index contributed by atoms with van der Waals surface area (Å²) in [5, 5.41) is 20.3. The van der Waals surface area contributed by atoms with Crippen LogP contribution in [0, 0.1) is 11.8 Å². The van der Waals surface area contributed by atoms with Crippen molar-refractivity contribution < 1.29 is 24.3 Å². The molecule has 2 aromatic rings. The van der Waals surface area contributed by atoms with Crippen LogP contribution in [0.2, 0.25) is 0 Å². The molecule has 2 aromatic carbocycles. The Kier molecular flexibility index (Phi) is 7.61. The molecule has 0 radical (unpaired) electrons. The zero-order valence-corrected chi connectivity index (χ0v) is 21.4. The van der Waals surface area contributed by atoms with E-state index in [2.05, 4.69) is 16.0 Å². The first-order valence-corrected chi connectivity index (χ1v) is 13.7. The Labute approximate surface area is 222 Å². The van der Waals surface area contributed by atoms with E-state index in [0.717, 1.165) is 43.2 Å². The van der Waals surface area contributed by atoms with E-state index in [1.165, 1.54) is 0 Å². The Hall–Kier alpha value is -3.52. The molecule has 1 saturated carbocycles. The van der Waals surface area contributed by atoms with Crippen molar-refractivity contribution in [2.75, 3.05) is 6.54 Å². The summed E-state index contributed by atoms with van der Waals surface area (Å²) in [5.41, 5.74) is 0.585. The maximum Gasteiger partial charge on any atom is 0.262 e. The Morgan fingerprint density at radius 1 is 0.947 bits per heavy atom. The third-order valence-electron chi connectivity index (χ3n) is 8.36. The minimum absolute atomic E-state index is 0.112. The second-order valence-corrected chi connectivity index (χ2v) is 10.8. The van der Waals surface area contributed by atoms with Gasteiger partial charge in [0.1, 0.15) is 12.3 Å². The molecule has 38 heavy (non-hydrogen) atoms. The second-order valence-electron chi connectivity index (χ2n) is 10.8. The molecule has 0 aromatic heterocycles. The van der Waals surface area contributed by atoms with Crippen LogP contribution in [0.5, 0.6) is 0 Å². The van der Waals surface area contributed by atoms with Crippen LogP contribution in [0.25, 0.3) is 11.1 Å². The highest BCUT2D eigenvalue weighted by Crippen LogP contribution is 2.47. The number of aldehydes is 1. The molecule has 1 aliphatic heterocycles. The Balaban J connectivity index is 1.38. The summed E-state index contributed by atoms with van der Waals surface area (Å²) >= 11 is 0. The van der Waals surface area contributed by atoms with Crippen LogP contribution in [0.1, 0.15) is 62.5 Å². The maximum absolute atomic E-state index is 13.9. The molecule has 1 saturated heterocycles. The van der Waals surface area contributed by atoms with E-state index in [1.807, 2.05) is 24.3 Å². The number of carbonyl (C=O) groups excluding carboxylic acids is 4. The smallest absolute Gasteiger partial charge is 0.262 e. The molecule has 2 aliphatic carbocycles. The summed E-state index contributed by atoms with van der Waals surface area (Å²) in [4.78, 5) is 51.2. The highest BCUT2D eigenvalue weighted by molar-refractivity contribution is 6.00. The van der Waals surface area contributed by atoms with Crippen molar-refractivity contribution in [2.24, 2.45) is 11.8 Å². The fraction of sp³-hybridized carbons (Fsp3) is 0.467. The molecule has 4 N–H and O–H groups in total. The molecular weight excluding hydrogens is 482 g/mol. The highest BCUT2D eigenvalue weighted by atomic mass is 16.3. The molecule has 0 spiro atoms. The molecule has 3 amide bonds. The third-order valence-corrected chi connectivity index (χ3v) is 8.36. The SMILES string of the molecule is O=C[C@@H](C[C@H]1CCNC1=O)NC(=O)[C@@H](CC1CCCCC1)NC(=O)C1(O)c2ccccc2-c2ccccc21. The van der Waals surface area contributed by atoms with Crippen LogP contribution >= 0.6 is 0 Å². The quantitative estimate of drug-likeness (QED) is 0.381. The number of fused-ring (bicyclic) bond motifs is 3. The van der Waals surface area contributed by atoms with Gasteiger partial charge in [0, 0.05) is 23.6 Å². The van der Waals surface area contributed by atoms with Crippen molar-refractivity contribution in [1.82, 2.24) is 16.0 Å². The minimum atomic E-state index is -1.94. The van der Waals surface area contributed by atoms with Crippen LogP contribution in [0.3, 0.4) is 0 Å². The maximum atomic E-state index is 13.9. The van der Waals surface area contributed by atoms with Crippen LogP contribution in [-0.2, 0) is 24.8 Å². The topological polar surface area (TPSA) is 125 Å². The molecule has 0 unspecified atom stereocenters. The average Bonchev–Trinajstić information content (AvgIpc) is 3.47. The number of hydrogen-bond donors (Lipinski definition) is 4. The molecule has 8 heteroatoms. The summed E-state index contributed by atoms with van der Waals surface area (Å²) in [6.07, 6.45) is 7.15. The zero-order chi connectivity index (χ0) is 26.7. The second kappa shape index (κ2) is 11.1. The number of carbonyl (C=O) groups is 4. The van der Waals surface area contributed by atoms with E-state index in [4.69, 9.17) is 0 Å². The van der Waals surface area contributed by atoms with Gasteiger partial charge in [0.2, 0.25) is 11.8 Å².